The van der Waals surface area contributed by atoms with E-state index in [0.717, 1.165) is 19.1 Å². The minimum atomic E-state index is -4.90. The molecule has 0 fully saturated rings. The zero-order valence-corrected chi connectivity index (χ0v) is 13.8. The highest BCUT2D eigenvalue weighted by Gasteiger charge is 2.39. The summed E-state index contributed by atoms with van der Waals surface area (Å²) in [6, 6.07) is 8.54. The van der Waals surface area contributed by atoms with Gasteiger partial charge < -0.3 is 15.6 Å². The summed E-state index contributed by atoms with van der Waals surface area (Å²) in [5.74, 6) is -2.99. The van der Waals surface area contributed by atoms with Crippen molar-refractivity contribution in [1.29, 1.82) is 0 Å². The summed E-state index contributed by atoms with van der Waals surface area (Å²) in [4.78, 5) is 22.3. The van der Waals surface area contributed by atoms with Gasteiger partial charge in [-0.3, -0.25) is 9.59 Å². The third kappa shape index (κ3) is 4.53. The molecule has 0 aliphatic carbocycles. The minimum Gasteiger partial charge on any atom is -0.506 e. The zero-order chi connectivity index (χ0) is 19.5. The van der Waals surface area contributed by atoms with E-state index in [2.05, 4.69) is 0 Å². The molecule has 0 saturated heterocycles. The molecule has 0 saturated carbocycles. The third-order valence-corrected chi connectivity index (χ3v) is 3.57. The Labute approximate surface area is 147 Å². The number of alkyl halides is 3. The van der Waals surface area contributed by atoms with Crippen molar-refractivity contribution >= 4 is 11.7 Å². The molecule has 2 rings (SSSR count). The number of ether oxygens (including phenoxy) is 1. The molecule has 0 bridgehead atoms. The Hall–Kier alpha value is -3.03. The van der Waals surface area contributed by atoms with Crippen molar-refractivity contribution in [3.05, 3.63) is 58.7 Å². The number of nitrogens with two attached hydrogens (primary N) is 1. The van der Waals surface area contributed by atoms with Crippen LogP contribution in [0.3, 0.4) is 0 Å². The third-order valence-electron chi connectivity index (χ3n) is 3.57. The lowest BCUT2D eigenvalue weighted by Crippen LogP contribution is -2.14. The molecule has 2 aromatic carbocycles. The van der Waals surface area contributed by atoms with Gasteiger partial charge >= 0.3 is 6.18 Å². The molecule has 0 unspecified atom stereocenters. The first-order valence-electron chi connectivity index (χ1n) is 7.52. The van der Waals surface area contributed by atoms with E-state index in [0.29, 0.717) is 11.1 Å². The fourth-order valence-electron chi connectivity index (χ4n) is 2.44. The lowest BCUT2D eigenvalue weighted by atomic mass is 10.0. The number of aromatic hydroxyl groups is 1. The Balaban J connectivity index is 2.31. The molecule has 0 aromatic heterocycles. The summed E-state index contributed by atoms with van der Waals surface area (Å²) < 4.78 is 45.1. The predicted octanol–water partition coefficient (Wildman–Crippen LogP) is 3.22. The number of rotatable bonds is 6. The number of primary amides is 1. The number of Topliss-reactive ketones (excluding diaryl/α,β-unsaturated/α-hetero) is 1. The van der Waals surface area contributed by atoms with E-state index in [9.17, 15) is 27.9 Å². The van der Waals surface area contributed by atoms with E-state index in [-0.39, 0.29) is 13.0 Å². The second-order valence-corrected chi connectivity index (χ2v) is 5.64. The fraction of sp³-hybridized carbons (Fsp3) is 0.222. The number of halogens is 3. The summed E-state index contributed by atoms with van der Waals surface area (Å²) in [7, 11) is 0. The average Bonchev–Trinajstić information content (AvgIpc) is 2.51. The Bertz CT molecular complexity index is 847. The van der Waals surface area contributed by atoms with Crippen molar-refractivity contribution in [3.63, 3.8) is 0 Å². The van der Waals surface area contributed by atoms with Crippen LogP contribution < -0.4 is 10.5 Å². The highest BCUT2D eigenvalue weighted by atomic mass is 19.4. The van der Waals surface area contributed by atoms with Crippen LogP contribution in [0.5, 0.6) is 11.5 Å². The summed E-state index contributed by atoms with van der Waals surface area (Å²) >= 11 is 0. The average molecular weight is 367 g/mol. The number of carbonyl (C=O) groups excluding carboxylic acids is 2. The number of phenolic OH excluding ortho intramolecular Hbond substituents is 1. The summed E-state index contributed by atoms with van der Waals surface area (Å²) in [6.07, 6.45) is -4.91. The monoisotopic (exact) mass is 367 g/mol. The minimum absolute atomic E-state index is 0.00423. The Morgan fingerprint density at radius 2 is 1.81 bits per heavy atom. The molecular weight excluding hydrogens is 351 g/mol. The van der Waals surface area contributed by atoms with Gasteiger partial charge in [0.2, 0.25) is 5.91 Å². The van der Waals surface area contributed by atoms with Crippen molar-refractivity contribution in [3.8, 4) is 11.5 Å². The van der Waals surface area contributed by atoms with E-state index < -0.39 is 40.5 Å². The van der Waals surface area contributed by atoms with Gasteiger partial charge in [-0.05, 0) is 30.2 Å². The van der Waals surface area contributed by atoms with Crippen LogP contribution in [0.2, 0.25) is 0 Å². The van der Waals surface area contributed by atoms with Gasteiger partial charge in [0.25, 0.3) is 0 Å². The number of ketones is 1. The highest BCUT2D eigenvalue weighted by molar-refractivity contribution is 5.97. The Morgan fingerprint density at radius 3 is 2.38 bits per heavy atom. The molecule has 138 valence electrons. The second kappa shape index (κ2) is 7.47. The maximum Gasteiger partial charge on any atom is 0.423 e. The summed E-state index contributed by atoms with van der Waals surface area (Å²) in [5.41, 5.74) is 4.39. The SMILES string of the molecule is CC(=O)c1ccc(OCc2cccc(CC(N)=O)c2)c(C(F)(F)F)c1O. The number of amides is 1. The van der Waals surface area contributed by atoms with Crippen LogP contribution in [-0.2, 0) is 24.0 Å². The molecule has 8 heteroatoms. The molecule has 1 amide bonds. The molecule has 0 radical (unpaired) electrons. The maximum absolute atomic E-state index is 13.3. The lowest BCUT2D eigenvalue weighted by Gasteiger charge is -2.17. The van der Waals surface area contributed by atoms with E-state index in [4.69, 9.17) is 10.5 Å². The first kappa shape index (κ1) is 19.3. The standard InChI is InChI=1S/C18H16F3NO4/c1-10(23)13-5-6-14(16(17(13)25)18(19,20)21)26-9-12-4-2-3-11(7-12)8-15(22)24/h2-7,25H,8-9H2,1H3,(H2,22,24). The quantitative estimate of drug-likeness (QED) is 0.767. The van der Waals surface area contributed by atoms with Crippen LogP contribution in [-0.4, -0.2) is 16.8 Å². The first-order chi connectivity index (χ1) is 12.1. The molecule has 0 atom stereocenters. The Kier molecular flexibility index (Phi) is 5.54. The number of hydrogen-bond acceptors (Lipinski definition) is 4. The van der Waals surface area contributed by atoms with Crippen LogP contribution in [0.1, 0.15) is 34.0 Å². The van der Waals surface area contributed by atoms with Gasteiger partial charge in [-0.2, -0.15) is 13.2 Å². The number of carbonyl (C=O) groups is 2. The van der Waals surface area contributed by atoms with Gasteiger partial charge in [-0.25, -0.2) is 0 Å². The van der Waals surface area contributed by atoms with Gasteiger partial charge in [0.1, 0.15) is 23.7 Å². The van der Waals surface area contributed by atoms with Crippen molar-refractivity contribution in [2.24, 2.45) is 5.73 Å². The zero-order valence-electron chi connectivity index (χ0n) is 13.8. The fourth-order valence-corrected chi connectivity index (χ4v) is 2.44. The van der Waals surface area contributed by atoms with E-state index in [1.165, 1.54) is 0 Å². The lowest BCUT2D eigenvalue weighted by molar-refractivity contribution is -0.140. The molecule has 5 nitrogen and oxygen atoms in total. The number of benzene rings is 2. The normalized spacial score (nSPS) is 11.2. The molecule has 0 aliphatic rings. The Morgan fingerprint density at radius 1 is 1.15 bits per heavy atom. The molecular formula is C18H16F3NO4. The smallest absolute Gasteiger partial charge is 0.423 e. The largest absolute Gasteiger partial charge is 0.506 e. The van der Waals surface area contributed by atoms with Gasteiger partial charge in [-0.15, -0.1) is 0 Å². The van der Waals surface area contributed by atoms with E-state index >= 15 is 0 Å². The van der Waals surface area contributed by atoms with E-state index in [1.54, 1.807) is 24.3 Å². The summed E-state index contributed by atoms with van der Waals surface area (Å²) in [6.45, 7) is 0.828. The van der Waals surface area contributed by atoms with Crippen LogP contribution in [0, 0.1) is 0 Å². The van der Waals surface area contributed by atoms with Crippen LogP contribution >= 0.6 is 0 Å². The van der Waals surface area contributed by atoms with Crippen molar-refractivity contribution in [1.82, 2.24) is 0 Å². The van der Waals surface area contributed by atoms with Crippen molar-refractivity contribution in [2.45, 2.75) is 26.1 Å². The first-order valence-corrected chi connectivity index (χ1v) is 7.52. The maximum atomic E-state index is 13.3. The predicted molar refractivity (Wildman–Crippen MR) is 86.8 cm³/mol. The molecule has 0 aliphatic heterocycles. The molecule has 0 heterocycles. The summed E-state index contributed by atoms with van der Waals surface area (Å²) in [5, 5.41) is 9.84. The van der Waals surface area contributed by atoms with Crippen molar-refractivity contribution < 1.29 is 32.6 Å². The highest BCUT2D eigenvalue weighted by Crippen LogP contribution is 2.44. The van der Waals surface area contributed by atoms with Gasteiger partial charge in [0.15, 0.2) is 5.78 Å². The van der Waals surface area contributed by atoms with Gasteiger partial charge in [0.05, 0.1) is 12.0 Å². The number of hydrogen-bond donors (Lipinski definition) is 2. The molecule has 2 aromatic rings. The van der Waals surface area contributed by atoms with E-state index in [1.807, 2.05) is 0 Å². The second-order valence-electron chi connectivity index (χ2n) is 5.64. The topological polar surface area (TPSA) is 89.6 Å². The molecule has 0 spiro atoms. The van der Waals surface area contributed by atoms with Crippen molar-refractivity contribution in [2.75, 3.05) is 0 Å². The van der Waals surface area contributed by atoms with Gasteiger partial charge in [0, 0.05) is 0 Å². The molecule has 26 heavy (non-hydrogen) atoms. The molecule has 3 N–H and O–H groups in total. The van der Waals surface area contributed by atoms with Crippen LogP contribution in [0.25, 0.3) is 0 Å². The number of phenols is 1. The van der Waals surface area contributed by atoms with Gasteiger partial charge in [-0.1, -0.05) is 24.3 Å². The van der Waals surface area contributed by atoms with Crippen LogP contribution in [0.4, 0.5) is 13.2 Å². The van der Waals surface area contributed by atoms with Crippen LogP contribution in [0.15, 0.2) is 36.4 Å².